The van der Waals surface area contributed by atoms with Gasteiger partial charge < -0.3 is 15.2 Å². The summed E-state index contributed by atoms with van der Waals surface area (Å²) in [5.41, 5.74) is 9.31. The summed E-state index contributed by atoms with van der Waals surface area (Å²) in [5, 5.41) is 4.14. The molecule has 0 radical (unpaired) electrons. The number of fused-ring (bicyclic) bond motifs is 1. The third kappa shape index (κ3) is 3.29. The van der Waals surface area contributed by atoms with Gasteiger partial charge in [0, 0.05) is 23.3 Å². The van der Waals surface area contributed by atoms with Gasteiger partial charge in [-0.3, -0.25) is 0 Å². The lowest BCUT2D eigenvalue weighted by Gasteiger charge is -2.35. The molecule has 1 aromatic carbocycles. The highest BCUT2D eigenvalue weighted by Crippen LogP contribution is 2.36. The van der Waals surface area contributed by atoms with Gasteiger partial charge in [0.15, 0.2) is 5.82 Å². The molecule has 1 aliphatic heterocycles. The molecule has 0 bridgehead atoms. The molecule has 2 aromatic rings. The van der Waals surface area contributed by atoms with Gasteiger partial charge in [-0.25, -0.2) is 0 Å². The summed E-state index contributed by atoms with van der Waals surface area (Å²) in [4.78, 5) is 6.92. The quantitative estimate of drug-likeness (QED) is 0.843. The Balaban J connectivity index is 0.00000192. The van der Waals surface area contributed by atoms with Crippen molar-refractivity contribution in [2.45, 2.75) is 52.0 Å². The van der Waals surface area contributed by atoms with Gasteiger partial charge in [0.05, 0.1) is 0 Å². The number of benzene rings is 1. The van der Waals surface area contributed by atoms with Crippen LogP contribution in [0, 0.1) is 0 Å². The predicted molar refractivity (Wildman–Crippen MR) is 95.2 cm³/mol. The minimum absolute atomic E-state index is 0. The molecule has 0 saturated carbocycles. The maximum absolute atomic E-state index is 6.13. The van der Waals surface area contributed by atoms with Gasteiger partial charge >= 0.3 is 0 Å². The molecule has 1 aromatic heterocycles. The molecular formula is C17H25ClN4O. The fraction of sp³-hybridized carbons (Fsp3) is 0.529. The Kier molecular flexibility index (Phi) is 4.90. The van der Waals surface area contributed by atoms with E-state index in [1.54, 1.807) is 0 Å². The number of nitrogens with zero attached hydrogens (tertiary/aromatic N) is 3. The average molecular weight is 337 g/mol. The van der Waals surface area contributed by atoms with Gasteiger partial charge in [-0.1, -0.05) is 32.0 Å². The molecule has 2 N–H and O–H groups in total. The lowest BCUT2D eigenvalue weighted by molar-refractivity contribution is 0.342. The second kappa shape index (κ2) is 6.40. The molecule has 23 heavy (non-hydrogen) atoms. The van der Waals surface area contributed by atoms with Crippen LogP contribution in [0.2, 0.25) is 0 Å². The zero-order valence-electron chi connectivity index (χ0n) is 14.2. The van der Waals surface area contributed by atoms with Crippen LogP contribution in [0.1, 0.15) is 57.4 Å². The summed E-state index contributed by atoms with van der Waals surface area (Å²) in [6.07, 6.45) is 2.12. The molecule has 1 unspecified atom stereocenters. The van der Waals surface area contributed by atoms with E-state index in [9.17, 15) is 0 Å². The Morgan fingerprint density at radius 1 is 1.30 bits per heavy atom. The number of nitrogen functional groups attached to an aromatic ring is 1. The van der Waals surface area contributed by atoms with E-state index >= 15 is 0 Å². The first-order chi connectivity index (χ1) is 10.4. The highest BCUT2D eigenvalue weighted by atomic mass is 35.5. The number of hydrogen-bond acceptors (Lipinski definition) is 5. The van der Waals surface area contributed by atoms with Crippen molar-refractivity contribution in [3.63, 3.8) is 0 Å². The van der Waals surface area contributed by atoms with Crippen LogP contribution in [0.4, 0.5) is 11.4 Å². The Labute approximate surface area is 143 Å². The Hall–Kier alpha value is -1.75. The first kappa shape index (κ1) is 17.6. The normalized spacial score (nSPS) is 15.7. The number of aromatic nitrogens is 2. The zero-order chi connectivity index (χ0) is 15.9. The van der Waals surface area contributed by atoms with Crippen molar-refractivity contribution in [2.75, 3.05) is 17.2 Å². The van der Waals surface area contributed by atoms with Crippen LogP contribution in [0.3, 0.4) is 0 Å². The summed E-state index contributed by atoms with van der Waals surface area (Å²) in [6.45, 7) is 9.35. The van der Waals surface area contributed by atoms with E-state index in [0.29, 0.717) is 5.89 Å². The van der Waals surface area contributed by atoms with Crippen LogP contribution in [0.15, 0.2) is 22.7 Å². The third-order valence-electron chi connectivity index (χ3n) is 4.26. The van der Waals surface area contributed by atoms with Crippen LogP contribution in [0.5, 0.6) is 0 Å². The Morgan fingerprint density at radius 3 is 2.70 bits per heavy atom. The van der Waals surface area contributed by atoms with Gasteiger partial charge in [0.2, 0.25) is 5.89 Å². The van der Waals surface area contributed by atoms with Crippen molar-refractivity contribution in [3.8, 4) is 0 Å². The molecule has 3 rings (SSSR count). The first-order valence-electron chi connectivity index (χ1n) is 7.86. The summed E-state index contributed by atoms with van der Waals surface area (Å²) in [7, 11) is 0. The van der Waals surface area contributed by atoms with Crippen LogP contribution < -0.4 is 10.6 Å². The second-order valence-corrected chi connectivity index (χ2v) is 7.02. The van der Waals surface area contributed by atoms with Gasteiger partial charge in [-0.15, -0.1) is 12.4 Å². The molecule has 6 heteroatoms. The van der Waals surface area contributed by atoms with Crippen LogP contribution in [0.25, 0.3) is 0 Å². The maximum Gasteiger partial charge on any atom is 0.249 e. The molecule has 0 aliphatic carbocycles. The van der Waals surface area contributed by atoms with Crippen molar-refractivity contribution in [2.24, 2.45) is 0 Å². The van der Waals surface area contributed by atoms with E-state index in [1.807, 2.05) is 12.1 Å². The van der Waals surface area contributed by atoms with E-state index in [-0.39, 0.29) is 23.9 Å². The van der Waals surface area contributed by atoms with Gasteiger partial charge in [0.1, 0.15) is 6.04 Å². The molecule has 5 nitrogen and oxygen atoms in total. The SMILES string of the molecule is CC(c1nc(C(C)(C)C)no1)N1CCCc2c(N)cccc21.Cl. The topological polar surface area (TPSA) is 68.2 Å². The van der Waals surface area contributed by atoms with Crippen LogP contribution >= 0.6 is 12.4 Å². The number of hydrogen-bond donors (Lipinski definition) is 1. The van der Waals surface area contributed by atoms with E-state index in [2.05, 4.69) is 48.8 Å². The van der Waals surface area contributed by atoms with Gasteiger partial charge in [-0.05, 0) is 37.5 Å². The maximum atomic E-state index is 6.13. The lowest BCUT2D eigenvalue weighted by Crippen LogP contribution is -2.32. The smallest absolute Gasteiger partial charge is 0.249 e. The molecular weight excluding hydrogens is 312 g/mol. The van der Waals surface area contributed by atoms with E-state index in [4.69, 9.17) is 10.3 Å². The number of rotatable bonds is 2. The Morgan fingerprint density at radius 2 is 2.04 bits per heavy atom. The molecule has 0 saturated heterocycles. The second-order valence-electron chi connectivity index (χ2n) is 7.02. The minimum atomic E-state index is -0.105. The molecule has 0 fully saturated rings. The summed E-state index contributed by atoms with van der Waals surface area (Å²) in [6, 6.07) is 6.15. The summed E-state index contributed by atoms with van der Waals surface area (Å²) < 4.78 is 5.52. The Bertz CT molecular complexity index is 677. The molecule has 126 valence electrons. The monoisotopic (exact) mass is 336 g/mol. The van der Waals surface area contributed by atoms with Crippen molar-refractivity contribution in [3.05, 3.63) is 35.5 Å². The van der Waals surface area contributed by atoms with Crippen LogP contribution in [-0.2, 0) is 11.8 Å². The third-order valence-corrected chi connectivity index (χ3v) is 4.26. The zero-order valence-corrected chi connectivity index (χ0v) is 15.0. The molecule has 1 aliphatic rings. The van der Waals surface area contributed by atoms with Crippen molar-refractivity contribution >= 4 is 23.8 Å². The van der Waals surface area contributed by atoms with Crippen molar-refractivity contribution in [1.29, 1.82) is 0 Å². The summed E-state index contributed by atoms with van der Waals surface area (Å²) in [5.74, 6) is 1.42. The standard InChI is InChI=1S/C17H24N4O.ClH/c1-11(15-19-16(20-22-15)17(2,3)4)21-10-6-7-12-13(18)8-5-9-14(12)21;/h5,8-9,11H,6-7,10,18H2,1-4H3;1H. The number of nitrogens with two attached hydrogens (primary N) is 1. The first-order valence-corrected chi connectivity index (χ1v) is 7.86. The van der Waals surface area contributed by atoms with Crippen LogP contribution in [-0.4, -0.2) is 16.7 Å². The van der Waals surface area contributed by atoms with E-state index < -0.39 is 0 Å². The van der Waals surface area contributed by atoms with Crippen molar-refractivity contribution in [1.82, 2.24) is 10.1 Å². The highest BCUT2D eigenvalue weighted by molar-refractivity contribution is 5.85. The molecule has 0 spiro atoms. The van der Waals surface area contributed by atoms with Crippen molar-refractivity contribution < 1.29 is 4.52 Å². The van der Waals surface area contributed by atoms with Gasteiger partial charge in [0.25, 0.3) is 0 Å². The minimum Gasteiger partial charge on any atom is -0.398 e. The number of halogens is 1. The average Bonchev–Trinajstić information content (AvgIpc) is 2.96. The summed E-state index contributed by atoms with van der Waals surface area (Å²) >= 11 is 0. The fourth-order valence-electron chi connectivity index (χ4n) is 2.93. The fourth-order valence-corrected chi connectivity index (χ4v) is 2.93. The number of anilines is 2. The van der Waals surface area contributed by atoms with E-state index in [1.165, 1.54) is 11.3 Å². The predicted octanol–water partition coefficient (Wildman–Crippen LogP) is 3.88. The molecule has 2 heterocycles. The lowest BCUT2D eigenvalue weighted by atomic mass is 9.96. The molecule has 0 amide bonds. The molecule has 1 atom stereocenters. The highest BCUT2D eigenvalue weighted by Gasteiger charge is 2.29. The largest absolute Gasteiger partial charge is 0.398 e. The van der Waals surface area contributed by atoms with Gasteiger partial charge in [-0.2, -0.15) is 4.98 Å². The van der Waals surface area contributed by atoms with E-state index in [0.717, 1.165) is 30.9 Å².